The predicted octanol–water partition coefficient (Wildman–Crippen LogP) is 1.09. The van der Waals surface area contributed by atoms with E-state index in [0.29, 0.717) is 12.8 Å². The lowest BCUT2D eigenvalue weighted by Gasteiger charge is -2.26. The van der Waals surface area contributed by atoms with Gasteiger partial charge < -0.3 is 20.7 Å². The van der Waals surface area contributed by atoms with Gasteiger partial charge in [-0.25, -0.2) is 0 Å². The van der Waals surface area contributed by atoms with Crippen molar-refractivity contribution < 1.29 is 14.9 Å². The zero-order chi connectivity index (χ0) is 13.6. The molecule has 0 fully saturated rings. The summed E-state index contributed by atoms with van der Waals surface area (Å²) >= 11 is 0. The second-order valence-electron chi connectivity index (χ2n) is 5.06. The van der Waals surface area contributed by atoms with Crippen LogP contribution in [0.25, 0.3) is 0 Å². The molecular formula is C14H23NO3. The van der Waals surface area contributed by atoms with Gasteiger partial charge in [0.2, 0.25) is 0 Å². The van der Waals surface area contributed by atoms with E-state index in [1.54, 1.807) is 6.92 Å². The molecule has 1 aromatic rings. The highest BCUT2D eigenvalue weighted by Crippen LogP contribution is 2.17. The smallest absolute Gasteiger partial charge is 0.119 e. The fraction of sp³-hybridized carbons (Fsp3) is 0.571. The lowest BCUT2D eigenvalue weighted by molar-refractivity contribution is 0.133. The summed E-state index contributed by atoms with van der Waals surface area (Å²) in [5.41, 5.74) is 6.34. The van der Waals surface area contributed by atoms with Gasteiger partial charge in [-0.05, 0) is 38.0 Å². The molecule has 0 aromatic heterocycles. The van der Waals surface area contributed by atoms with Crippen molar-refractivity contribution in [2.45, 2.75) is 38.3 Å². The van der Waals surface area contributed by atoms with Crippen LogP contribution in [-0.4, -0.2) is 35.1 Å². The van der Waals surface area contributed by atoms with Crippen LogP contribution < -0.4 is 10.5 Å². The standard InChI is InChI=1S/C14H23NO3/c1-11(9-14(2,15)10-17)18-13-5-3-12(4-6-13)7-8-16/h3-6,11,16-17H,7-10,15H2,1-2H3. The average Bonchev–Trinajstić information content (AvgIpc) is 2.31. The Morgan fingerprint density at radius 2 is 1.89 bits per heavy atom. The molecule has 0 aliphatic heterocycles. The third kappa shape index (κ3) is 5.04. The molecule has 0 bridgehead atoms. The zero-order valence-corrected chi connectivity index (χ0v) is 11.1. The van der Waals surface area contributed by atoms with Crippen molar-refractivity contribution in [3.05, 3.63) is 29.8 Å². The Balaban J connectivity index is 2.51. The van der Waals surface area contributed by atoms with E-state index < -0.39 is 5.54 Å². The zero-order valence-electron chi connectivity index (χ0n) is 11.1. The summed E-state index contributed by atoms with van der Waals surface area (Å²) in [6.45, 7) is 3.83. The van der Waals surface area contributed by atoms with Crippen molar-refractivity contribution in [3.8, 4) is 5.75 Å². The van der Waals surface area contributed by atoms with Gasteiger partial charge in [0.15, 0.2) is 0 Å². The maximum absolute atomic E-state index is 9.10. The summed E-state index contributed by atoms with van der Waals surface area (Å²) in [7, 11) is 0. The van der Waals surface area contributed by atoms with Crippen molar-refractivity contribution in [3.63, 3.8) is 0 Å². The molecule has 1 aromatic carbocycles. The van der Waals surface area contributed by atoms with Gasteiger partial charge in [0.05, 0.1) is 12.7 Å². The molecule has 102 valence electrons. The number of rotatable bonds is 7. The molecule has 4 N–H and O–H groups in total. The highest BCUT2D eigenvalue weighted by molar-refractivity contribution is 5.27. The Morgan fingerprint density at radius 1 is 1.28 bits per heavy atom. The Hall–Kier alpha value is -1.10. The Labute approximate surface area is 108 Å². The van der Waals surface area contributed by atoms with Gasteiger partial charge in [0.1, 0.15) is 5.75 Å². The lowest BCUT2D eigenvalue weighted by atomic mass is 9.97. The number of hydrogen-bond donors (Lipinski definition) is 3. The molecule has 4 nitrogen and oxygen atoms in total. The first kappa shape index (κ1) is 15.0. The Kier molecular flexibility index (Phi) is 5.59. The number of benzene rings is 1. The second kappa shape index (κ2) is 6.73. The largest absolute Gasteiger partial charge is 0.491 e. The Bertz CT molecular complexity index is 349. The molecule has 1 rings (SSSR count). The summed E-state index contributed by atoms with van der Waals surface area (Å²) < 4.78 is 5.73. The third-order valence-electron chi connectivity index (χ3n) is 2.78. The molecule has 0 saturated carbocycles. The van der Waals surface area contributed by atoms with Gasteiger partial charge in [-0.15, -0.1) is 0 Å². The first-order valence-corrected chi connectivity index (χ1v) is 6.23. The first-order chi connectivity index (χ1) is 8.46. The van der Waals surface area contributed by atoms with Crippen molar-refractivity contribution in [1.82, 2.24) is 0 Å². The van der Waals surface area contributed by atoms with Gasteiger partial charge in [-0.3, -0.25) is 0 Å². The molecule has 0 aliphatic rings. The monoisotopic (exact) mass is 253 g/mol. The van der Waals surface area contributed by atoms with Crippen molar-refractivity contribution in [1.29, 1.82) is 0 Å². The van der Waals surface area contributed by atoms with Crippen LogP contribution in [0.2, 0.25) is 0 Å². The summed E-state index contributed by atoms with van der Waals surface area (Å²) in [6.07, 6.45) is 1.18. The van der Waals surface area contributed by atoms with E-state index in [1.165, 1.54) is 0 Å². The van der Waals surface area contributed by atoms with Crippen LogP contribution in [0.4, 0.5) is 0 Å². The number of hydrogen-bond acceptors (Lipinski definition) is 4. The van der Waals surface area contributed by atoms with Gasteiger partial charge in [0.25, 0.3) is 0 Å². The van der Waals surface area contributed by atoms with Crippen molar-refractivity contribution >= 4 is 0 Å². The van der Waals surface area contributed by atoms with Crippen molar-refractivity contribution in [2.75, 3.05) is 13.2 Å². The van der Waals surface area contributed by atoms with E-state index in [0.717, 1.165) is 11.3 Å². The molecule has 2 unspecified atom stereocenters. The number of nitrogens with two attached hydrogens (primary N) is 1. The maximum Gasteiger partial charge on any atom is 0.119 e. The second-order valence-corrected chi connectivity index (χ2v) is 5.06. The van der Waals surface area contributed by atoms with E-state index in [4.69, 9.17) is 20.7 Å². The molecule has 0 amide bonds. The van der Waals surface area contributed by atoms with Crippen LogP contribution in [0.1, 0.15) is 25.8 Å². The van der Waals surface area contributed by atoms with Crippen LogP contribution in [0, 0.1) is 0 Å². The minimum Gasteiger partial charge on any atom is -0.491 e. The third-order valence-corrected chi connectivity index (χ3v) is 2.78. The van der Waals surface area contributed by atoms with E-state index in [-0.39, 0.29) is 19.3 Å². The highest BCUT2D eigenvalue weighted by atomic mass is 16.5. The molecule has 2 atom stereocenters. The maximum atomic E-state index is 9.10. The predicted molar refractivity (Wildman–Crippen MR) is 71.6 cm³/mol. The van der Waals surface area contributed by atoms with Gasteiger partial charge in [0, 0.05) is 18.6 Å². The van der Waals surface area contributed by atoms with E-state index in [9.17, 15) is 0 Å². The Morgan fingerprint density at radius 3 is 2.39 bits per heavy atom. The molecule has 0 aliphatic carbocycles. The number of aliphatic hydroxyl groups excluding tert-OH is 2. The SMILES string of the molecule is CC(CC(C)(N)CO)Oc1ccc(CCO)cc1. The molecule has 4 heteroatoms. The van der Waals surface area contributed by atoms with Crippen LogP contribution >= 0.6 is 0 Å². The fourth-order valence-corrected chi connectivity index (χ4v) is 1.86. The molecule has 0 saturated heterocycles. The normalized spacial score (nSPS) is 16.1. The molecule has 0 heterocycles. The molecular weight excluding hydrogens is 230 g/mol. The molecule has 0 radical (unpaired) electrons. The average molecular weight is 253 g/mol. The van der Waals surface area contributed by atoms with Gasteiger partial charge in [-0.1, -0.05) is 12.1 Å². The van der Waals surface area contributed by atoms with E-state index >= 15 is 0 Å². The van der Waals surface area contributed by atoms with Crippen LogP contribution in [0.5, 0.6) is 5.75 Å². The lowest BCUT2D eigenvalue weighted by Crippen LogP contribution is -2.43. The molecule has 18 heavy (non-hydrogen) atoms. The summed E-state index contributed by atoms with van der Waals surface area (Å²) in [6, 6.07) is 7.64. The first-order valence-electron chi connectivity index (χ1n) is 6.23. The number of aliphatic hydroxyl groups is 2. The summed E-state index contributed by atoms with van der Waals surface area (Å²) in [5.74, 6) is 0.776. The quantitative estimate of drug-likeness (QED) is 0.680. The summed E-state index contributed by atoms with van der Waals surface area (Å²) in [4.78, 5) is 0. The summed E-state index contributed by atoms with van der Waals surface area (Å²) in [5, 5.41) is 17.9. The van der Waals surface area contributed by atoms with E-state index in [2.05, 4.69) is 0 Å². The van der Waals surface area contributed by atoms with Gasteiger partial charge in [-0.2, -0.15) is 0 Å². The minimum absolute atomic E-state index is 0.0594. The topological polar surface area (TPSA) is 75.7 Å². The van der Waals surface area contributed by atoms with Gasteiger partial charge >= 0.3 is 0 Å². The molecule has 0 spiro atoms. The van der Waals surface area contributed by atoms with Crippen LogP contribution in [-0.2, 0) is 6.42 Å². The highest BCUT2D eigenvalue weighted by Gasteiger charge is 2.21. The van der Waals surface area contributed by atoms with Crippen LogP contribution in [0.15, 0.2) is 24.3 Å². The van der Waals surface area contributed by atoms with Crippen molar-refractivity contribution in [2.24, 2.45) is 5.73 Å². The van der Waals surface area contributed by atoms with Crippen LogP contribution in [0.3, 0.4) is 0 Å². The fourth-order valence-electron chi connectivity index (χ4n) is 1.86. The van der Waals surface area contributed by atoms with E-state index in [1.807, 2.05) is 31.2 Å². The number of ether oxygens (including phenoxy) is 1. The minimum atomic E-state index is -0.615.